The van der Waals surface area contributed by atoms with Crippen LogP contribution in [0.25, 0.3) is 11.3 Å². The van der Waals surface area contributed by atoms with Crippen LogP contribution in [0.2, 0.25) is 0 Å². The fraction of sp³-hybridized carbons (Fsp3) is 0.261. The molecule has 5 rings (SSSR count). The molecule has 0 spiro atoms. The molecule has 1 unspecified atom stereocenters. The number of halogens is 2. The number of hydrogen-bond donors (Lipinski definition) is 0. The quantitative estimate of drug-likeness (QED) is 0.556. The van der Waals surface area contributed by atoms with Crippen LogP contribution in [0.1, 0.15) is 29.3 Å². The number of carbonyl (C=O) groups excluding carboxylic acids is 1. The molecule has 11 heteroatoms. The van der Waals surface area contributed by atoms with E-state index >= 15 is 0 Å². The number of rotatable bonds is 4. The van der Waals surface area contributed by atoms with Crippen molar-refractivity contribution in [2.24, 2.45) is 5.10 Å². The third kappa shape index (κ3) is 4.08. The molecule has 34 heavy (non-hydrogen) atoms. The molecule has 8 nitrogen and oxygen atoms in total. The Morgan fingerprint density at radius 2 is 2.09 bits per heavy atom. The van der Waals surface area contributed by atoms with Gasteiger partial charge in [-0.1, -0.05) is 0 Å². The predicted octanol–water partition coefficient (Wildman–Crippen LogP) is 4.28. The zero-order chi connectivity index (χ0) is 23.8. The van der Waals surface area contributed by atoms with Gasteiger partial charge in [-0.25, -0.2) is 18.6 Å². The summed E-state index contributed by atoms with van der Waals surface area (Å²) in [6.07, 6.45) is 2.72. The molecular formula is C23H18F2N6O2S. The Hall–Kier alpha value is -3.91. The summed E-state index contributed by atoms with van der Waals surface area (Å²) < 4.78 is 38.2. The smallest absolute Gasteiger partial charge is 0.341 e. The number of pyridine rings is 1. The molecule has 2 amide bonds. The largest absolute Gasteiger partial charge is 0.483 e. The van der Waals surface area contributed by atoms with E-state index in [0.717, 1.165) is 23.5 Å². The van der Waals surface area contributed by atoms with Crippen LogP contribution >= 0.6 is 11.5 Å². The SMILES string of the molecule is Cc1nscc1-c1cc(OC2CN(C(=O)N3N=CCC3c3cc(F)cc(C#N)c3)C2)c(F)cn1. The van der Waals surface area contributed by atoms with Crippen LogP contribution in [-0.2, 0) is 0 Å². The van der Waals surface area contributed by atoms with Gasteiger partial charge in [0.25, 0.3) is 0 Å². The highest BCUT2D eigenvalue weighted by molar-refractivity contribution is 7.04. The Balaban J connectivity index is 1.25. The normalized spacial score (nSPS) is 17.5. The predicted molar refractivity (Wildman–Crippen MR) is 120 cm³/mol. The van der Waals surface area contributed by atoms with Crippen LogP contribution in [0.5, 0.6) is 5.75 Å². The van der Waals surface area contributed by atoms with Crippen LogP contribution in [0.4, 0.5) is 13.6 Å². The maximum Gasteiger partial charge on any atom is 0.341 e. The average molecular weight is 481 g/mol. The maximum atomic E-state index is 14.3. The molecule has 1 saturated heterocycles. The third-order valence-corrected chi connectivity index (χ3v) is 6.44. The van der Waals surface area contributed by atoms with Crippen LogP contribution in [0, 0.1) is 29.9 Å². The van der Waals surface area contributed by atoms with Crippen molar-refractivity contribution < 1.29 is 18.3 Å². The van der Waals surface area contributed by atoms with E-state index in [4.69, 9.17) is 10.00 Å². The van der Waals surface area contributed by atoms with Gasteiger partial charge in [0, 0.05) is 29.6 Å². The van der Waals surface area contributed by atoms with Crippen molar-refractivity contribution in [3.8, 4) is 23.1 Å². The van der Waals surface area contributed by atoms with Crippen LogP contribution in [0.15, 0.2) is 40.9 Å². The van der Waals surface area contributed by atoms with E-state index in [1.807, 2.05) is 18.4 Å². The minimum absolute atomic E-state index is 0.0635. The van der Waals surface area contributed by atoms with Crippen molar-refractivity contribution in [1.29, 1.82) is 5.26 Å². The van der Waals surface area contributed by atoms with Gasteiger partial charge in [0.2, 0.25) is 0 Å². The number of amides is 2. The number of ether oxygens (including phenoxy) is 1. The minimum Gasteiger partial charge on any atom is -0.483 e. The van der Waals surface area contributed by atoms with E-state index in [1.165, 1.54) is 33.6 Å². The fourth-order valence-corrected chi connectivity index (χ4v) is 4.64. The number of hydrogen-bond acceptors (Lipinski definition) is 7. The number of aryl methyl sites for hydroxylation is 1. The van der Waals surface area contributed by atoms with Crippen LogP contribution < -0.4 is 4.74 Å². The number of aromatic nitrogens is 2. The Kier molecular flexibility index (Phi) is 5.67. The van der Waals surface area contributed by atoms with Crippen LogP contribution in [0.3, 0.4) is 0 Å². The monoisotopic (exact) mass is 480 g/mol. The van der Waals surface area contributed by atoms with Gasteiger partial charge >= 0.3 is 6.03 Å². The number of hydrazone groups is 1. The number of likely N-dealkylation sites (tertiary alicyclic amines) is 1. The lowest BCUT2D eigenvalue weighted by Gasteiger charge is -2.41. The molecular weight excluding hydrogens is 462 g/mol. The van der Waals surface area contributed by atoms with Gasteiger partial charge < -0.3 is 9.64 Å². The second-order valence-electron chi connectivity index (χ2n) is 8.02. The highest BCUT2D eigenvalue weighted by Crippen LogP contribution is 2.33. The first-order valence-electron chi connectivity index (χ1n) is 10.5. The lowest BCUT2D eigenvalue weighted by atomic mass is 10.0. The van der Waals surface area contributed by atoms with Crippen molar-refractivity contribution >= 4 is 23.8 Å². The lowest BCUT2D eigenvalue weighted by Crippen LogP contribution is -2.58. The molecule has 2 aliphatic rings. The summed E-state index contributed by atoms with van der Waals surface area (Å²) >= 11 is 1.30. The molecule has 1 atom stereocenters. The summed E-state index contributed by atoms with van der Waals surface area (Å²) in [6, 6.07) is 6.59. The number of nitriles is 1. The van der Waals surface area contributed by atoms with E-state index < -0.39 is 17.7 Å². The fourth-order valence-electron chi connectivity index (χ4n) is 3.93. The van der Waals surface area contributed by atoms with E-state index in [2.05, 4.69) is 14.5 Å². The van der Waals surface area contributed by atoms with Crippen molar-refractivity contribution in [2.75, 3.05) is 13.1 Å². The van der Waals surface area contributed by atoms with Crippen molar-refractivity contribution in [1.82, 2.24) is 19.3 Å². The first kappa shape index (κ1) is 21.9. The summed E-state index contributed by atoms with van der Waals surface area (Å²) in [6.45, 7) is 2.35. The molecule has 0 radical (unpaired) electrons. The summed E-state index contributed by atoms with van der Waals surface area (Å²) in [5.74, 6) is -1.07. The Morgan fingerprint density at radius 1 is 1.26 bits per heavy atom. The summed E-state index contributed by atoms with van der Waals surface area (Å²) in [5.41, 5.74) is 2.86. The van der Waals surface area contributed by atoms with E-state index in [0.29, 0.717) is 17.7 Å². The molecule has 1 aromatic carbocycles. The van der Waals surface area contributed by atoms with E-state index in [-0.39, 0.29) is 36.5 Å². The molecule has 3 aromatic rings. The highest BCUT2D eigenvalue weighted by atomic mass is 32.1. The molecule has 1 fully saturated rings. The summed E-state index contributed by atoms with van der Waals surface area (Å²) in [7, 11) is 0. The van der Waals surface area contributed by atoms with Gasteiger partial charge in [-0.15, -0.1) is 0 Å². The van der Waals surface area contributed by atoms with Crippen LogP contribution in [-0.4, -0.2) is 50.7 Å². The van der Waals surface area contributed by atoms with E-state index in [9.17, 15) is 13.6 Å². The van der Waals surface area contributed by atoms with E-state index in [1.54, 1.807) is 12.3 Å². The Bertz CT molecular complexity index is 1330. The minimum atomic E-state index is -0.585. The van der Waals surface area contributed by atoms with Gasteiger partial charge in [-0.2, -0.15) is 14.7 Å². The zero-order valence-corrected chi connectivity index (χ0v) is 18.8. The maximum absolute atomic E-state index is 14.3. The first-order chi connectivity index (χ1) is 16.4. The molecule has 4 heterocycles. The van der Waals surface area contributed by atoms with Gasteiger partial charge in [-0.05, 0) is 42.2 Å². The molecule has 2 aliphatic heterocycles. The van der Waals surface area contributed by atoms with Gasteiger partial charge in [0.1, 0.15) is 11.9 Å². The third-order valence-electron chi connectivity index (χ3n) is 5.72. The number of nitrogens with zero attached hydrogens (tertiary/aromatic N) is 6. The van der Waals surface area contributed by atoms with Crippen molar-refractivity contribution in [3.63, 3.8) is 0 Å². The number of carbonyl (C=O) groups is 1. The Labute approximate surface area is 197 Å². The molecule has 0 N–H and O–H groups in total. The second-order valence-corrected chi connectivity index (χ2v) is 8.65. The topological polar surface area (TPSA) is 94.7 Å². The second kappa shape index (κ2) is 8.79. The Morgan fingerprint density at radius 3 is 2.82 bits per heavy atom. The average Bonchev–Trinajstić information content (AvgIpc) is 3.45. The molecule has 2 aromatic heterocycles. The highest BCUT2D eigenvalue weighted by Gasteiger charge is 2.39. The van der Waals surface area contributed by atoms with Gasteiger partial charge in [-0.3, -0.25) is 4.98 Å². The van der Waals surface area contributed by atoms with Gasteiger partial charge in [0.05, 0.1) is 48.3 Å². The van der Waals surface area contributed by atoms with Crippen molar-refractivity contribution in [3.05, 3.63) is 64.3 Å². The van der Waals surface area contributed by atoms with Crippen molar-refractivity contribution in [2.45, 2.75) is 25.5 Å². The zero-order valence-electron chi connectivity index (χ0n) is 18.0. The standard InChI is InChI=1S/C23H18F2N6O2S/c1-13-18(12-34-29-13)20-7-22(19(25)9-27-20)33-17-10-30(11-17)23(32)31-21(2-3-28-31)15-4-14(8-26)5-16(24)6-15/h3-7,9,12,17,21H,2,10-11H2,1H3. The lowest BCUT2D eigenvalue weighted by molar-refractivity contribution is 0.0257. The first-order valence-corrected chi connectivity index (χ1v) is 11.3. The summed E-state index contributed by atoms with van der Waals surface area (Å²) in [5, 5.41) is 16.4. The molecule has 0 saturated carbocycles. The van der Waals surface area contributed by atoms with Gasteiger partial charge in [0.15, 0.2) is 11.6 Å². The number of urea groups is 1. The number of benzene rings is 1. The molecule has 0 aliphatic carbocycles. The summed E-state index contributed by atoms with van der Waals surface area (Å²) in [4.78, 5) is 18.6. The molecule has 172 valence electrons. The molecule has 0 bridgehead atoms.